The van der Waals surface area contributed by atoms with Crippen molar-refractivity contribution >= 4 is 0 Å². The molecule has 0 saturated carbocycles. The number of hydrogen-bond donors (Lipinski definition) is 1. The van der Waals surface area contributed by atoms with Gasteiger partial charge in [-0.2, -0.15) is 5.10 Å². The highest BCUT2D eigenvalue weighted by Gasteiger charge is 2.01. The summed E-state index contributed by atoms with van der Waals surface area (Å²) in [5.41, 5.74) is 1.16. The molecule has 4 heteroatoms. The van der Waals surface area contributed by atoms with E-state index in [1.807, 2.05) is 24.8 Å². The molecule has 0 bridgehead atoms. The smallest absolute Gasteiger partial charge is 0.0558 e. The number of nitrogens with zero attached hydrogens (tertiary/aromatic N) is 3. The van der Waals surface area contributed by atoms with Gasteiger partial charge in [0.15, 0.2) is 0 Å². The van der Waals surface area contributed by atoms with E-state index in [9.17, 15) is 0 Å². The molecule has 0 aliphatic rings. The molecular weight excluding hydrogens is 154 g/mol. The number of likely N-dealkylation sites (N-methyl/N-ethyl adjacent to an activating group) is 1. The number of aliphatic hydroxyl groups excluding tert-OH is 1. The third kappa shape index (κ3) is 2.32. The molecule has 0 amide bonds. The second-order valence-corrected chi connectivity index (χ2v) is 2.91. The second kappa shape index (κ2) is 4.23. The van der Waals surface area contributed by atoms with E-state index >= 15 is 0 Å². The minimum atomic E-state index is 0.203. The van der Waals surface area contributed by atoms with Crippen LogP contribution in [0, 0.1) is 0 Å². The minimum absolute atomic E-state index is 0.203. The van der Waals surface area contributed by atoms with E-state index < -0.39 is 0 Å². The first kappa shape index (κ1) is 9.22. The first-order chi connectivity index (χ1) is 5.74. The lowest BCUT2D eigenvalue weighted by atomic mass is 10.4. The average molecular weight is 169 g/mol. The zero-order valence-corrected chi connectivity index (χ0v) is 7.56. The summed E-state index contributed by atoms with van der Waals surface area (Å²) in [5, 5.41) is 12.7. The number of rotatable bonds is 4. The van der Waals surface area contributed by atoms with Crippen molar-refractivity contribution in [1.82, 2.24) is 14.7 Å². The maximum atomic E-state index is 8.67. The Morgan fingerprint density at radius 3 is 2.92 bits per heavy atom. The van der Waals surface area contributed by atoms with Crippen molar-refractivity contribution in [3.63, 3.8) is 0 Å². The molecule has 12 heavy (non-hydrogen) atoms. The van der Waals surface area contributed by atoms with Crippen LogP contribution < -0.4 is 0 Å². The van der Waals surface area contributed by atoms with Gasteiger partial charge in [0.2, 0.25) is 0 Å². The number of hydrogen-bond acceptors (Lipinski definition) is 3. The molecule has 68 valence electrons. The van der Waals surface area contributed by atoms with Gasteiger partial charge >= 0.3 is 0 Å². The molecule has 0 aliphatic heterocycles. The molecule has 0 fully saturated rings. The second-order valence-electron chi connectivity index (χ2n) is 2.91. The highest BCUT2D eigenvalue weighted by atomic mass is 16.3. The van der Waals surface area contributed by atoms with Crippen molar-refractivity contribution in [2.45, 2.75) is 6.54 Å². The molecule has 1 aromatic rings. The molecule has 0 unspecified atom stereocenters. The van der Waals surface area contributed by atoms with E-state index in [1.54, 1.807) is 6.20 Å². The van der Waals surface area contributed by atoms with Crippen LogP contribution in [0.1, 0.15) is 5.69 Å². The third-order valence-corrected chi connectivity index (χ3v) is 1.84. The van der Waals surface area contributed by atoms with Crippen molar-refractivity contribution in [1.29, 1.82) is 0 Å². The molecule has 1 aromatic heterocycles. The van der Waals surface area contributed by atoms with Crippen molar-refractivity contribution in [2.24, 2.45) is 7.05 Å². The zero-order valence-electron chi connectivity index (χ0n) is 7.56. The fourth-order valence-electron chi connectivity index (χ4n) is 1.08. The molecule has 0 aromatic carbocycles. The van der Waals surface area contributed by atoms with Crippen molar-refractivity contribution in [3.05, 3.63) is 18.0 Å². The van der Waals surface area contributed by atoms with Crippen LogP contribution in [0.15, 0.2) is 12.3 Å². The van der Waals surface area contributed by atoms with Crippen LogP contribution in [0.25, 0.3) is 0 Å². The van der Waals surface area contributed by atoms with Crippen LogP contribution in [-0.2, 0) is 13.6 Å². The number of aryl methyl sites for hydroxylation is 1. The zero-order chi connectivity index (χ0) is 8.97. The van der Waals surface area contributed by atoms with Gasteiger partial charge in [0.25, 0.3) is 0 Å². The maximum Gasteiger partial charge on any atom is 0.0558 e. The third-order valence-electron chi connectivity index (χ3n) is 1.84. The fraction of sp³-hybridized carbons (Fsp3) is 0.625. The van der Waals surface area contributed by atoms with Gasteiger partial charge < -0.3 is 5.11 Å². The van der Waals surface area contributed by atoms with Gasteiger partial charge in [-0.05, 0) is 13.1 Å². The molecule has 0 radical (unpaired) electrons. The van der Waals surface area contributed by atoms with Crippen molar-refractivity contribution in [2.75, 3.05) is 20.2 Å². The summed E-state index contributed by atoms with van der Waals surface area (Å²) in [4.78, 5) is 2.05. The predicted octanol–water partition coefficient (Wildman–Crippen LogP) is -0.156. The topological polar surface area (TPSA) is 41.3 Å². The Balaban J connectivity index is 2.46. The number of aliphatic hydroxyl groups is 1. The maximum absolute atomic E-state index is 8.67. The van der Waals surface area contributed by atoms with Gasteiger partial charge in [-0.3, -0.25) is 9.58 Å². The quantitative estimate of drug-likeness (QED) is 0.681. The summed E-state index contributed by atoms with van der Waals surface area (Å²) in [6, 6.07) is 1.98. The minimum Gasteiger partial charge on any atom is -0.395 e. The lowest BCUT2D eigenvalue weighted by molar-refractivity contribution is 0.214. The Bertz CT molecular complexity index is 234. The predicted molar refractivity (Wildman–Crippen MR) is 46.6 cm³/mol. The van der Waals surface area contributed by atoms with Gasteiger partial charge in [0, 0.05) is 26.3 Å². The average Bonchev–Trinajstić information content (AvgIpc) is 2.37. The SMILES string of the molecule is CN(CCO)Cc1ccnn1C. The molecule has 1 N–H and O–H groups in total. The highest BCUT2D eigenvalue weighted by Crippen LogP contribution is 1.99. The summed E-state index contributed by atoms with van der Waals surface area (Å²) in [6.07, 6.45) is 1.78. The summed E-state index contributed by atoms with van der Waals surface area (Å²) in [7, 11) is 3.89. The lowest BCUT2D eigenvalue weighted by Crippen LogP contribution is -2.22. The van der Waals surface area contributed by atoms with E-state index in [0.717, 1.165) is 12.2 Å². The fourth-order valence-corrected chi connectivity index (χ4v) is 1.08. The largest absolute Gasteiger partial charge is 0.395 e. The van der Waals surface area contributed by atoms with E-state index in [0.29, 0.717) is 6.54 Å². The first-order valence-corrected chi connectivity index (χ1v) is 4.00. The molecule has 0 atom stereocenters. The summed E-state index contributed by atoms with van der Waals surface area (Å²) < 4.78 is 1.84. The van der Waals surface area contributed by atoms with Gasteiger partial charge in [-0.1, -0.05) is 0 Å². The molecule has 1 heterocycles. The molecule has 1 rings (SSSR count). The monoisotopic (exact) mass is 169 g/mol. The Morgan fingerprint density at radius 2 is 2.42 bits per heavy atom. The van der Waals surface area contributed by atoms with Crippen LogP contribution in [-0.4, -0.2) is 40.0 Å². The summed E-state index contributed by atoms with van der Waals surface area (Å²) in [6.45, 7) is 1.73. The Hall–Kier alpha value is -0.870. The highest BCUT2D eigenvalue weighted by molar-refractivity contribution is 4.99. The van der Waals surface area contributed by atoms with Gasteiger partial charge in [-0.15, -0.1) is 0 Å². The van der Waals surface area contributed by atoms with E-state index in [-0.39, 0.29) is 6.61 Å². The molecular formula is C8H15N3O. The molecule has 0 aliphatic carbocycles. The Kier molecular flexibility index (Phi) is 3.25. The Labute approximate surface area is 72.4 Å². The van der Waals surface area contributed by atoms with Gasteiger partial charge in [0.1, 0.15) is 0 Å². The lowest BCUT2D eigenvalue weighted by Gasteiger charge is -2.14. The normalized spacial score (nSPS) is 11.0. The molecule has 0 spiro atoms. The van der Waals surface area contributed by atoms with Crippen molar-refractivity contribution < 1.29 is 5.11 Å². The van der Waals surface area contributed by atoms with E-state index in [2.05, 4.69) is 10.00 Å². The van der Waals surface area contributed by atoms with Crippen LogP contribution in [0.3, 0.4) is 0 Å². The van der Waals surface area contributed by atoms with Crippen LogP contribution in [0.5, 0.6) is 0 Å². The van der Waals surface area contributed by atoms with E-state index in [4.69, 9.17) is 5.11 Å². The standard InChI is InChI=1S/C8H15N3O/c1-10(5-6-12)7-8-3-4-9-11(8)2/h3-4,12H,5-7H2,1-2H3. The first-order valence-electron chi connectivity index (χ1n) is 4.00. The van der Waals surface area contributed by atoms with Crippen LogP contribution in [0.4, 0.5) is 0 Å². The van der Waals surface area contributed by atoms with Crippen molar-refractivity contribution in [3.8, 4) is 0 Å². The molecule has 4 nitrogen and oxygen atoms in total. The van der Waals surface area contributed by atoms with E-state index in [1.165, 1.54) is 0 Å². The van der Waals surface area contributed by atoms with Gasteiger partial charge in [0.05, 0.1) is 12.3 Å². The van der Waals surface area contributed by atoms with Gasteiger partial charge in [-0.25, -0.2) is 0 Å². The summed E-state index contributed by atoms with van der Waals surface area (Å²) in [5.74, 6) is 0. The molecule has 0 saturated heterocycles. The van der Waals surface area contributed by atoms with Crippen LogP contribution >= 0.6 is 0 Å². The number of aromatic nitrogens is 2. The summed E-state index contributed by atoms with van der Waals surface area (Å²) >= 11 is 0. The van der Waals surface area contributed by atoms with Crippen LogP contribution in [0.2, 0.25) is 0 Å². The Morgan fingerprint density at radius 1 is 1.67 bits per heavy atom.